The molecule has 4 heteroatoms. The molecule has 0 saturated carbocycles. The summed E-state index contributed by atoms with van der Waals surface area (Å²) in [6, 6.07) is 14.3. The molecule has 0 fully saturated rings. The second kappa shape index (κ2) is 9.85. The van der Waals surface area contributed by atoms with Crippen LogP contribution >= 0.6 is 0 Å². The van der Waals surface area contributed by atoms with E-state index in [1.165, 1.54) is 11.1 Å². The van der Waals surface area contributed by atoms with E-state index in [2.05, 4.69) is 43.4 Å². The lowest BCUT2D eigenvalue weighted by atomic mass is 9.97. The summed E-state index contributed by atoms with van der Waals surface area (Å²) >= 11 is 0. The molecule has 0 aliphatic heterocycles. The smallest absolute Gasteiger partial charge is 0.220 e. The fraction of sp³-hybridized carbons (Fsp3) is 0.409. The SMILES string of the molecule is COc1ccc(CCNC(=O)C[C@H](C)Cc2ccc(C)cc2)cc1OC. The van der Waals surface area contributed by atoms with Crippen molar-refractivity contribution in [2.24, 2.45) is 5.92 Å². The highest BCUT2D eigenvalue weighted by molar-refractivity contribution is 5.76. The Hall–Kier alpha value is -2.49. The zero-order chi connectivity index (χ0) is 18.9. The Morgan fingerprint density at radius 3 is 2.31 bits per heavy atom. The van der Waals surface area contributed by atoms with E-state index in [-0.39, 0.29) is 5.91 Å². The monoisotopic (exact) mass is 355 g/mol. The lowest BCUT2D eigenvalue weighted by molar-refractivity contribution is -0.121. The molecule has 0 aliphatic carbocycles. The molecular formula is C22H29NO3. The molecule has 2 rings (SSSR count). The number of rotatable bonds is 9. The molecule has 1 amide bonds. The minimum atomic E-state index is 0.102. The molecule has 2 aromatic carbocycles. The number of carbonyl (C=O) groups is 1. The highest BCUT2D eigenvalue weighted by Crippen LogP contribution is 2.27. The number of methoxy groups -OCH3 is 2. The summed E-state index contributed by atoms with van der Waals surface area (Å²) in [6.45, 7) is 4.82. The number of amides is 1. The second-order valence-corrected chi connectivity index (χ2v) is 6.79. The van der Waals surface area contributed by atoms with E-state index in [0.29, 0.717) is 30.4 Å². The maximum atomic E-state index is 12.2. The fourth-order valence-electron chi connectivity index (χ4n) is 2.97. The first kappa shape index (κ1) is 19.8. The van der Waals surface area contributed by atoms with Gasteiger partial charge in [-0.15, -0.1) is 0 Å². The van der Waals surface area contributed by atoms with E-state index in [4.69, 9.17) is 9.47 Å². The summed E-state index contributed by atoms with van der Waals surface area (Å²) in [4.78, 5) is 12.2. The van der Waals surface area contributed by atoms with Crippen LogP contribution in [0, 0.1) is 12.8 Å². The van der Waals surface area contributed by atoms with Crippen molar-refractivity contribution >= 4 is 5.91 Å². The standard InChI is InChI=1S/C22H29NO3/c1-16-5-7-18(8-6-16)13-17(2)14-22(24)23-12-11-19-9-10-20(25-3)21(15-19)26-4/h5-10,15,17H,11-14H2,1-4H3,(H,23,24)/t17-/m1/s1. The number of hydrogen-bond donors (Lipinski definition) is 1. The fourth-order valence-corrected chi connectivity index (χ4v) is 2.97. The molecule has 2 aromatic rings. The van der Waals surface area contributed by atoms with Gasteiger partial charge in [-0.2, -0.15) is 0 Å². The van der Waals surface area contributed by atoms with E-state index in [9.17, 15) is 4.79 Å². The molecule has 0 aliphatic rings. The highest BCUT2D eigenvalue weighted by Gasteiger charge is 2.10. The normalized spacial score (nSPS) is 11.7. The van der Waals surface area contributed by atoms with Crippen molar-refractivity contribution in [3.63, 3.8) is 0 Å². The van der Waals surface area contributed by atoms with Gasteiger partial charge in [0.25, 0.3) is 0 Å². The van der Waals surface area contributed by atoms with Crippen LogP contribution in [-0.4, -0.2) is 26.7 Å². The third-order valence-electron chi connectivity index (χ3n) is 4.42. The molecule has 0 heterocycles. The molecule has 1 atom stereocenters. The average Bonchev–Trinajstić information content (AvgIpc) is 2.63. The number of ether oxygens (including phenoxy) is 2. The van der Waals surface area contributed by atoms with Gasteiger partial charge in [0.2, 0.25) is 5.91 Å². The Labute approximate surface area is 156 Å². The van der Waals surface area contributed by atoms with Gasteiger partial charge in [-0.1, -0.05) is 42.8 Å². The molecule has 0 bridgehead atoms. The van der Waals surface area contributed by atoms with Gasteiger partial charge in [-0.25, -0.2) is 0 Å². The lowest BCUT2D eigenvalue weighted by Gasteiger charge is -2.13. The first-order valence-corrected chi connectivity index (χ1v) is 9.05. The Kier molecular flexibility index (Phi) is 7.52. The highest BCUT2D eigenvalue weighted by atomic mass is 16.5. The van der Waals surface area contributed by atoms with Gasteiger partial charge >= 0.3 is 0 Å². The molecular weight excluding hydrogens is 326 g/mol. The van der Waals surface area contributed by atoms with Crippen molar-refractivity contribution in [1.29, 1.82) is 0 Å². The van der Waals surface area contributed by atoms with Gasteiger partial charge in [-0.05, 0) is 48.9 Å². The summed E-state index contributed by atoms with van der Waals surface area (Å²) in [5.74, 6) is 1.84. The summed E-state index contributed by atoms with van der Waals surface area (Å²) in [6.07, 6.45) is 2.22. The molecule has 0 saturated heterocycles. The van der Waals surface area contributed by atoms with Crippen molar-refractivity contribution in [1.82, 2.24) is 5.32 Å². The molecule has 4 nitrogen and oxygen atoms in total. The Bertz CT molecular complexity index is 710. The molecule has 26 heavy (non-hydrogen) atoms. The average molecular weight is 355 g/mol. The molecule has 0 radical (unpaired) electrons. The minimum Gasteiger partial charge on any atom is -0.493 e. The molecule has 0 aromatic heterocycles. The van der Waals surface area contributed by atoms with E-state index in [1.54, 1.807) is 14.2 Å². The Morgan fingerprint density at radius 1 is 1.00 bits per heavy atom. The Morgan fingerprint density at radius 2 is 1.65 bits per heavy atom. The lowest BCUT2D eigenvalue weighted by Crippen LogP contribution is -2.27. The van der Waals surface area contributed by atoms with E-state index < -0.39 is 0 Å². The summed E-state index contributed by atoms with van der Waals surface area (Å²) in [7, 11) is 3.24. The van der Waals surface area contributed by atoms with Crippen LogP contribution in [0.3, 0.4) is 0 Å². The van der Waals surface area contributed by atoms with E-state index in [1.807, 2.05) is 18.2 Å². The Balaban J connectivity index is 1.75. The third-order valence-corrected chi connectivity index (χ3v) is 4.42. The van der Waals surface area contributed by atoms with Crippen molar-refractivity contribution in [3.05, 3.63) is 59.2 Å². The van der Waals surface area contributed by atoms with Gasteiger partial charge in [0.1, 0.15) is 0 Å². The van der Waals surface area contributed by atoms with Gasteiger partial charge < -0.3 is 14.8 Å². The zero-order valence-corrected chi connectivity index (χ0v) is 16.2. The largest absolute Gasteiger partial charge is 0.493 e. The van der Waals surface area contributed by atoms with Crippen molar-refractivity contribution in [2.45, 2.75) is 33.1 Å². The summed E-state index contributed by atoms with van der Waals surface area (Å²) in [5, 5.41) is 3.01. The number of nitrogens with one attached hydrogen (secondary N) is 1. The van der Waals surface area contributed by atoms with Crippen molar-refractivity contribution in [3.8, 4) is 11.5 Å². The number of aryl methyl sites for hydroxylation is 1. The molecule has 1 N–H and O–H groups in total. The number of benzene rings is 2. The third kappa shape index (κ3) is 6.10. The zero-order valence-electron chi connectivity index (χ0n) is 16.2. The predicted octanol–water partition coefficient (Wildman–Crippen LogP) is 3.94. The van der Waals surface area contributed by atoms with Gasteiger partial charge in [-0.3, -0.25) is 4.79 Å². The summed E-state index contributed by atoms with van der Waals surface area (Å²) in [5.41, 5.74) is 3.64. The van der Waals surface area contributed by atoms with Crippen LogP contribution in [0.2, 0.25) is 0 Å². The maximum absolute atomic E-state index is 12.2. The second-order valence-electron chi connectivity index (χ2n) is 6.79. The van der Waals surface area contributed by atoms with Gasteiger partial charge in [0.15, 0.2) is 11.5 Å². The van der Waals surface area contributed by atoms with Crippen molar-refractivity contribution < 1.29 is 14.3 Å². The predicted molar refractivity (Wildman–Crippen MR) is 105 cm³/mol. The van der Waals surface area contributed by atoms with Crippen LogP contribution in [0.4, 0.5) is 0 Å². The van der Waals surface area contributed by atoms with Crippen LogP contribution in [-0.2, 0) is 17.6 Å². The van der Waals surface area contributed by atoms with Crippen LogP contribution < -0.4 is 14.8 Å². The number of carbonyl (C=O) groups excluding carboxylic acids is 1. The topological polar surface area (TPSA) is 47.6 Å². The van der Waals surface area contributed by atoms with E-state index >= 15 is 0 Å². The molecule has 0 spiro atoms. The molecule has 140 valence electrons. The summed E-state index contributed by atoms with van der Waals surface area (Å²) < 4.78 is 10.5. The number of hydrogen-bond acceptors (Lipinski definition) is 3. The van der Waals surface area contributed by atoms with Gasteiger partial charge in [0.05, 0.1) is 14.2 Å². The minimum absolute atomic E-state index is 0.102. The first-order valence-electron chi connectivity index (χ1n) is 9.05. The van der Waals surface area contributed by atoms with Crippen molar-refractivity contribution in [2.75, 3.05) is 20.8 Å². The quantitative estimate of drug-likeness (QED) is 0.741. The molecule has 0 unspecified atom stereocenters. The van der Waals surface area contributed by atoms with Crippen LogP contribution in [0.15, 0.2) is 42.5 Å². The van der Waals surface area contributed by atoms with Gasteiger partial charge in [0, 0.05) is 13.0 Å². The van der Waals surface area contributed by atoms with Crippen LogP contribution in [0.25, 0.3) is 0 Å². The maximum Gasteiger partial charge on any atom is 0.220 e. The van der Waals surface area contributed by atoms with Crippen LogP contribution in [0.5, 0.6) is 11.5 Å². The van der Waals surface area contributed by atoms with Crippen LogP contribution in [0.1, 0.15) is 30.0 Å². The first-order chi connectivity index (χ1) is 12.5. The van der Waals surface area contributed by atoms with E-state index in [0.717, 1.165) is 18.4 Å².